The lowest BCUT2D eigenvalue weighted by atomic mass is 10.2. The molecule has 2 aromatic carbocycles. The van der Waals surface area contributed by atoms with Crippen LogP contribution in [0.4, 0.5) is 0 Å². The van der Waals surface area contributed by atoms with Crippen molar-refractivity contribution in [3.05, 3.63) is 72.1 Å². The number of rotatable bonds is 9. The maximum atomic E-state index is 12.1. The second-order valence-corrected chi connectivity index (χ2v) is 8.04. The molecule has 0 bridgehead atoms. The highest BCUT2D eigenvalue weighted by atomic mass is 32.2. The predicted octanol–water partition coefficient (Wildman–Crippen LogP) is 3.72. The van der Waals surface area contributed by atoms with E-state index in [1.807, 2.05) is 65.7 Å². The molecule has 0 spiro atoms. The van der Waals surface area contributed by atoms with Crippen LogP contribution < -0.4 is 5.32 Å². The van der Waals surface area contributed by atoms with Crippen molar-refractivity contribution in [1.29, 1.82) is 0 Å². The Balaban J connectivity index is 1.38. The lowest BCUT2D eigenvalue weighted by molar-refractivity contribution is -0.118. The van der Waals surface area contributed by atoms with Crippen molar-refractivity contribution in [2.75, 3.05) is 18.1 Å². The van der Waals surface area contributed by atoms with E-state index in [0.717, 1.165) is 17.2 Å². The first-order valence-electron chi connectivity index (χ1n) is 8.70. The third-order valence-electron chi connectivity index (χ3n) is 3.84. The number of aromatic nitrogens is 3. The van der Waals surface area contributed by atoms with Crippen molar-refractivity contribution in [1.82, 2.24) is 20.1 Å². The van der Waals surface area contributed by atoms with Gasteiger partial charge in [0.2, 0.25) is 5.91 Å². The minimum absolute atomic E-state index is 0.0127. The standard InChI is InChI=1S/C20H22N4OS2/c1-16-7-9-18(10-8-16)24-15-22-23-20(24)27-14-19(25)21-11-12-26-13-17-5-3-2-4-6-17/h2-10,15H,11-14H2,1H3,(H,21,25). The molecular weight excluding hydrogens is 376 g/mol. The van der Waals surface area contributed by atoms with Gasteiger partial charge in [-0.05, 0) is 24.6 Å². The summed E-state index contributed by atoms with van der Waals surface area (Å²) in [5.74, 6) is 2.20. The molecule has 3 aromatic rings. The molecule has 5 nitrogen and oxygen atoms in total. The molecule has 27 heavy (non-hydrogen) atoms. The van der Waals surface area contributed by atoms with Crippen LogP contribution in [0.15, 0.2) is 66.1 Å². The van der Waals surface area contributed by atoms with Crippen LogP contribution in [-0.2, 0) is 10.5 Å². The van der Waals surface area contributed by atoms with Crippen molar-refractivity contribution >= 4 is 29.4 Å². The largest absolute Gasteiger partial charge is 0.355 e. The number of carbonyl (C=O) groups excluding carboxylic acids is 1. The second kappa shape index (κ2) is 10.2. The van der Waals surface area contributed by atoms with Gasteiger partial charge in [0.1, 0.15) is 6.33 Å². The minimum Gasteiger partial charge on any atom is -0.355 e. The van der Waals surface area contributed by atoms with E-state index in [2.05, 4.69) is 27.6 Å². The third kappa shape index (κ3) is 6.15. The predicted molar refractivity (Wildman–Crippen MR) is 112 cm³/mol. The van der Waals surface area contributed by atoms with Gasteiger partial charge in [-0.3, -0.25) is 9.36 Å². The molecule has 0 aliphatic heterocycles. The highest BCUT2D eigenvalue weighted by molar-refractivity contribution is 7.99. The zero-order valence-corrected chi connectivity index (χ0v) is 16.8. The van der Waals surface area contributed by atoms with Crippen LogP contribution in [0.3, 0.4) is 0 Å². The van der Waals surface area contributed by atoms with Gasteiger partial charge in [-0.15, -0.1) is 10.2 Å². The molecule has 0 saturated heterocycles. The van der Waals surface area contributed by atoms with E-state index < -0.39 is 0 Å². The fourth-order valence-corrected chi connectivity index (χ4v) is 3.99. The Kier molecular flexibility index (Phi) is 7.36. The highest BCUT2D eigenvalue weighted by Crippen LogP contribution is 2.19. The zero-order valence-electron chi connectivity index (χ0n) is 15.2. The Bertz CT molecular complexity index is 850. The van der Waals surface area contributed by atoms with Crippen molar-refractivity contribution in [2.24, 2.45) is 0 Å². The van der Waals surface area contributed by atoms with Gasteiger partial charge >= 0.3 is 0 Å². The van der Waals surface area contributed by atoms with Crippen LogP contribution in [0.5, 0.6) is 0 Å². The molecule has 3 rings (SSSR count). The number of benzene rings is 2. The number of hydrogen-bond acceptors (Lipinski definition) is 5. The molecule has 0 radical (unpaired) electrons. The van der Waals surface area contributed by atoms with Crippen LogP contribution >= 0.6 is 23.5 Å². The summed E-state index contributed by atoms with van der Waals surface area (Å²) in [6.07, 6.45) is 1.67. The van der Waals surface area contributed by atoms with Crippen LogP contribution in [-0.4, -0.2) is 38.7 Å². The summed E-state index contributed by atoms with van der Waals surface area (Å²) in [5, 5.41) is 11.8. The van der Waals surface area contributed by atoms with Gasteiger partial charge in [-0.25, -0.2) is 0 Å². The Morgan fingerprint density at radius 3 is 2.67 bits per heavy atom. The molecule has 140 valence electrons. The molecule has 0 unspecified atom stereocenters. The Morgan fingerprint density at radius 2 is 1.89 bits per heavy atom. The summed E-state index contributed by atoms with van der Waals surface area (Å²) in [5.41, 5.74) is 3.50. The maximum absolute atomic E-state index is 12.1. The average molecular weight is 399 g/mol. The lowest BCUT2D eigenvalue weighted by Gasteiger charge is -2.07. The van der Waals surface area contributed by atoms with Gasteiger partial charge in [-0.2, -0.15) is 11.8 Å². The Labute approximate surface area is 168 Å². The number of nitrogens with zero attached hydrogens (tertiary/aromatic N) is 3. The van der Waals surface area contributed by atoms with E-state index in [4.69, 9.17) is 0 Å². The van der Waals surface area contributed by atoms with E-state index in [1.165, 1.54) is 22.9 Å². The quantitative estimate of drug-likeness (QED) is 0.440. The van der Waals surface area contributed by atoms with Crippen LogP contribution in [0.25, 0.3) is 5.69 Å². The van der Waals surface area contributed by atoms with Crippen molar-refractivity contribution in [3.8, 4) is 5.69 Å². The summed E-state index contributed by atoms with van der Waals surface area (Å²) in [6.45, 7) is 2.72. The number of nitrogens with one attached hydrogen (secondary N) is 1. The monoisotopic (exact) mass is 398 g/mol. The van der Waals surface area contributed by atoms with Gasteiger partial charge in [0, 0.05) is 23.7 Å². The molecule has 1 heterocycles. The molecule has 7 heteroatoms. The SMILES string of the molecule is Cc1ccc(-n2cnnc2SCC(=O)NCCSCc2ccccc2)cc1. The molecule has 0 atom stereocenters. The Morgan fingerprint density at radius 1 is 1.11 bits per heavy atom. The van der Waals surface area contributed by atoms with E-state index in [9.17, 15) is 4.79 Å². The number of carbonyl (C=O) groups is 1. The Hall–Kier alpha value is -2.25. The number of aryl methyl sites for hydroxylation is 1. The smallest absolute Gasteiger partial charge is 0.230 e. The van der Waals surface area contributed by atoms with Gasteiger partial charge in [0.25, 0.3) is 0 Å². The van der Waals surface area contributed by atoms with E-state index in [1.54, 1.807) is 6.33 Å². The van der Waals surface area contributed by atoms with Crippen LogP contribution in [0, 0.1) is 6.92 Å². The van der Waals surface area contributed by atoms with Crippen LogP contribution in [0.2, 0.25) is 0 Å². The topological polar surface area (TPSA) is 59.8 Å². The maximum Gasteiger partial charge on any atom is 0.230 e. The first kappa shape index (κ1) is 19.5. The molecule has 1 N–H and O–H groups in total. The van der Waals surface area contributed by atoms with E-state index >= 15 is 0 Å². The summed E-state index contributed by atoms with van der Waals surface area (Å²) in [4.78, 5) is 12.1. The van der Waals surface area contributed by atoms with Gasteiger partial charge in [-0.1, -0.05) is 59.8 Å². The molecule has 0 saturated carbocycles. The summed E-state index contributed by atoms with van der Waals surface area (Å²) >= 11 is 3.21. The summed E-state index contributed by atoms with van der Waals surface area (Å²) in [6, 6.07) is 18.5. The summed E-state index contributed by atoms with van der Waals surface area (Å²) < 4.78 is 1.90. The third-order valence-corrected chi connectivity index (χ3v) is 5.81. The van der Waals surface area contributed by atoms with E-state index in [-0.39, 0.29) is 5.91 Å². The number of thioether (sulfide) groups is 2. The number of amides is 1. The minimum atomic E-state index is 0.0127. The molecule has 0 aliphatic rings. The first-order valence-corrected chi connectivity index (χ1v) is 10.8. The molecular formula is C20H22N4OS2. The van der Waals surface area contributed by atoms with E-state index in [0.29, 0.717) is 17.5 Å². The van der Waals surface area contributed by atoms with Crippen molar-refractivity contribution < 1.29 is 4.79 Å². The molecule has 0 aliphatic carbocycles. The number of hydrogen-bond donors (Lipinski definition) is 1. The fourth-order valence-electron chi connectivity index (χ4n) is 2.41. The van der Waals surface area contributed by atoms with Gasteiger partial charge < -0.3 is 5.32 Å². The van der Waals surface area contributed by atoms with Crippen molar-refractivity contribution in [2.45, 2.75) is 17.8 Å². The highest BCUT2D eigenvalue weighted by Gasteiger charge is 2.10. The average Bonchev–Trinajstić information content (AvgIpc) is 3.16. The van der Waals surface area contributed by atoms with Crippen molar-refractivity contribution in [3.63, 3.8) is 0 Å². The lowest BCUT2D eigenvalue weighted by Crippen LogP contribution is -2.27. The van der Waals surface area contributed by atoms with Crippen LogP contribution in [0.1, 0.15) is 11.1 Å². The molecule has 1 aromatic heterocycles. The van der Waals surface area contributed by atoms with Gasteiger partial charge in [0.05, 0.1) is 5.75 Å². The fraction of sp³-hybridized carbons (Fsp3) is 0.250. The van der Waals surface area contributed by atoms with Gasteiger partial charge in [0.15, 0.2) is 5.16 Å². The second-order valence-electron chi connectivity index (χ2n) is 6.00. The first-order chi connectivity index (χ1) is 13.2. The summed E-state index contributed by atoms with van der Waals surface area (Å²) in [7, 11) is 0. The molecule has 1 amide bonds. The molecule has 0 fully saturated rings. The normalized spacial score (nSPS) is 10.7. The zero-order chi connectivity index (χ0) is 18.9.